The quantitative estimate of drug-likeness (QED) is 0.301. The molecule has 0 spiro atoms. The number of aliphatic imine (C=N–C) groups is 1. The van der Waals surface area contributed by atoms with Crippen molar-refractivity contribution in [1.82, 2.24) is 0 Å². The van der Waals surface area contributed by atoms with Crippen LogP contribution in [0.2, 0.25) is 5.02 Å². The number of nitrogens with one attached hydrogen (secondary N) is 1. The molecule has 8 heteroatoms. The van der Waals surface area contributed by atoms with Crippen molar-refractivity contribution in [2.75, 3.05) is 18.5 Å². The number of ether oxygens (including phenoxy) is 2. The summed E-state index contributed by atoms with van der Waals surface area (Å²) in [6, 6.07) is 22.9. The minimum Gasteiger partial charge on any atom is -0.493 e. The summed E-state index contributed by atoms with van der Waals surface area (Å²) in [6.45, 7) is 6.57. The molecular weight excluding hydrogens is 504 g/mol. The van der Waals surface area contributed by atoms with Crippen molar-refractivity contribution in [1.29, 1.82) is 0 Å². The van der Waals surface area contributed by atoms with E-state index in [0.717, 1.165) is 34.3 Å². The van der Waals surface area contributed by atoms with Gasteiger partial charge in [0, 0.05) is 28.9 Å². The van der Waals surface area contributed by atoms with Crippen LogP contribution in [0.1, 0.15) is 33.3 Å². The standard InChI is InChI=1S/C30H33ClN2O5/c1-29(2,3)38-28(36)32-19-30(4,20-34)27(35)33-23-13-15-24(16-14-23)37-18-17-21-9-11-22(12-10-21)25-7-5-6-8-26(25)31/h5-16,19,34H,17-18,20H2,1-4H3,(H,33,35)/b32-19+. The molecule has 200 valence electrons. The summed E-state index contributed by atoms with van der Waals surface area (Å²) in [5.74, 6) is 0.147. The minimum atomic E-state index is -1.41. The molecule has 1 atom stereocenters. The van der Waals surface area contributed by atoms with E-state index in [1.807, 2.05) is 36.4 Å². The molecule has 7 nitrogen and oxygen atoms in total. The zero-order chi connectivity index (χ0) is 27.8. The number of carbonyl (C=O) groups is 2. The van der Waals surface area contributed by atoms with Gasteiger partial charge in [0.1, 0.15) is 16.8 Å². The van der Waals surface area contributed by atoms with E-state index >= 15 is 0 Å². The summed E-state index contributed by atoms with van der Waals surface area (Å²) in [6.07, 6.45) is 1.00. The molecular formula is C30H33ClN2O5. The Hall–Kier alpha value is -3.68. The first kappa shape index (κ1) is 28.9. The van der Waals surface area contributed by atoms with Crippen LogP contribution in [0.15, 0.2) is 77.8 Å². The van der Waals surface area contributed by atoms with Crippen molar-refractivity contribution in [3.63, 3.8) is 0 Å². The number of aliphatic hydroxyl groups is 1. The van der Waals surface area contributed by atoms with Gasteiger partial charge in [-0.3, -0.25) is 4.79 Å². The Bertz CT molecular complexity index is 1270. The molecule has 0 aliphatic rings. The number of aliphatic hydroxyl groups excluding tert-OH is 1. The van der Waals surface area contributed by atoms with Crippen molar-refractivity contribution in [3.05, 3.63) is 83.4 Å². The molecule has 0 bridgehead atoms. The van der Waals surface area contributed by atoms with E-state index in [0.29, 0.717) is 18.0 Å². The fraction of sp³-hybridized carbons (Fsp3) is 0.300. The average Bonchev–Trinajstić information content (AvgIpc) is 2.88. The molecule has 3 aromatic rings. The average molecular weight is 537 g/mol. The van der Waals surface area contributed by atoms with E-state index in [4.69, 9.17) is 21.1 Å². The number of rotatable bonds is 9. The largest absolute Gasteiger partial charge is 0.493 e. The van der Waals surface area contributed by atoms with Gasteiger partial charge in [-0.2, -0.15) is 4.99 Å². The van der Waals surface area contributed by atoms with E-state index in [1.54, 1.807) is 45.0 Å². The van der Waals surface area contributed by atoms with Gasteiger partial charge >= 0.3 is 6.09 Å². The highest BCUT2D eigenvalue weighted by atomic mass is 35.5. The Morgan fingerprint density at radius 3 is 2.24 bits per heavy atom. The van der Waals surface area contributed by atoms with Crippen LogP contribution in [-0.2, 0) is 16.0 Å². The molecule has 2 N–H and O–H groups in total. The van der Waals surface area contributed by atoms with Crippen LogP contribution < -0.4 is 10.1 Å². The van der Waals surface area contributed by atoms with Gasteiger partial charge < -0.3 is 19.9 Å². The third-order valence-electron chi connectivity index (χ3n) is 5.61. The van der Waals surface area contributed by atoms with Gasteiger partial charge in [-0.1, -0.05) is 54.1 Å². The number of amides is 2. The molecule has 1 unspecified atom stereocenters. The van der Waals surface area contributed by atoms with Gasteiger partial charge in [0.05, 0.1) is 13.2 Å². The minimum absolute atomic E-state index is 0.487. The van der Waals surface area contributed by atoms with Crippen LogP contribution in [-0.4, -0.2) is 42.1 Å². The molecule has 2 amide bonds. The normalized spacial score (nSPS) is 13.1. The molecule has 0 saturated carbocycles. The third-order valence-corrected chi connectivity index (χ3v) is 5.94. The van der Waals surface area contributed by atoms with Crippen LogP contribution in [0.5, 0.6) is 5.75 Å². The Morgan fingerprint density at radius 1 is 0.974 bits per heavy atom. The Kier molecular flexibility index (Phi) is 9.66. The predicted molar refractivity (Wildman–Crippen MR) is 151 cm³/mol. The number of anilines is 1. The Morgan fingerprint density at radius 2 is 1.63 bits per heavy atom. The molecule has 38 heavy (non-hydrogen) atoms. The highest BCUT2D eigenvalue weighted by Gasteiger charge is 2.31. The van der Waals surface area contributed by atoms with Gasteiger partial charge in [-0.25, -0.2) is 4.79 Å². The van der Waals surface area contributed by atoms with Crippen LogP contribution in [0, 0.1) is 5.41 Å². The lowest BCUT2D eigenvalue weighted by molar-refractivity contribution is -0.122. The van der Waals surface area contributed by atoms with E-state index in [2.05, 4.69) is 22.4 Å². The van der Waals surface area contributed by atoms with Gasteiger partial charge in [-0.15, -0.1) is 0 Å². The SMILES string of the molecule is CC(C)(C)OC(=O)/N=C/C(C)(CO)C(=O)Nc1ccc(OCCc2ccc(-c3ccccc3Cl)cc2)cc1. The summed E-state index contributed by atoms with van der Waals surface area (Å²) in [5.41, 5.74) is 1.60. The molecule has 0 fully saturated rings. The third kappa shape index (κ3) is 8.43. The van der Waals surface area contributed by atoms with E-state index in [-0.39, 0.29) is 0 Å². The first-order valence-electron chi connectivity index (χ1n) is 12.3. The molecule has 0 heterocycles. The highest BCUT2D eigenvalue weighted by Crippen LogP contribution is 2.27. The van der Waals surface area contributed by atoms with Crippen molar-refractivity contribution in [2.45, 2.75) is 39.7 Å². The van der Waals surface area contributed by atoms with Crippen LogP contribution in [0.25, 0.3) is 11.1 Å². The second-order valence-electron chi connectivity index (χ2n) is 10.1. The number of carbonyl (C=O) groups excluding carboxylic acids is 2. The maximum Gasteiger partial charge on any atom is 0.433 e. The molecule has 0 aromatic heterocycles. The monoisotopic (exact) mass is 536 g/mol. The van der Waals surface area contributed by atoms with Crippen LogP contribution in [0.3, 0.4) is 0 Å². The number of halogens is 1. The topological polar surface area (TPSA) is 97.2 Å². The van der Waals surface area contributed by atoms with E-state index in [9.17, 15) is 14.7 Å². The maximum atomic E-state index is 12.8. The van der Waals surface area contributed by atoms with Crippen molar-refractivity contribution in [2.24, 2.45) is 10.4 Å². The van der Waals surface area contributed by atoms with Crippen LogP contribution in [0.4, 0.5) is 10.5 Å². The lowest BCUT2D eigenvalue weighted by atomic mass is 9.92. The smallest absolute Gasteiger partial charge is 0.433 e. The molecule has 0 aliphatic heterocycles. The lowest BCUT2D eigenvalue weighted by Crippen LogP contribution is -2.38. The molecule has 0 saturated heterocycles. The number of hydrogen-bond acceptors (Lipinski definition) is 5. The Labute approximate surface area is 228 Å². The molecule has 0 radical (unpaired) electrons. The zero-order valence-corrected chi connectivity index (χ0v) is 22.8. The fourth-order valence-electron chi connectivity index (χ4n) is 3.40. The lowest BCUT2D eigenvalue weighted by Gasteiger charge is -2.22. The van der Waals surface area contributed by atoms with Gasteiger partial charge in [-0.05, 0) is 69.2 Å². The molecule has 0 aliphatic carbocycles. The van der Waals surface area contributed by atoms with E-state index < -0.39 is 29.6 Å². The molecule has 3 rings (SSSR count). The van der Waals surface area contributed by atoms with E-state index in [1.165, 1.54) is 6.92 Å². The van der Waals surface area contributed by atoms with Crippen molar-refractivity contribution >= 4 is 35.5 Å². The Balaban J connectivity index is 1.51. The summed E-state index contributed by atoms with van der Waals surface area (Å²) in [7, 11) is 0. The maximum absolute atomic E-state index is 12.8. The zero-order valence-electron chi connectivity index (χ0n) is 22.0. The first-order chi connectivity index (χ1) is 18.0. The summed E-state index contributed by atoms with van der Waals surface area (Å²) in [4.78, 5) is 28.3. The summed E-state index contributed by atoms with van der Waals surface area (Å²) in [5, 5.41) is 13.2. The van der Waals surface area contributed by atoms with Gasteiger partial charge in [0.15, 0.2) is 0 Å². The number of nitrogens with zero attached hydrogens (tertiary/aromatic N) is 1. The second-order valence-corrected chi connectivity index (χ2v) is 10.5. The van der Waals surface area contributed by atoms with Crippen LogP contribution >= 0.6 is 11.6 Å². The highest BCUT2D eigenvalue weighted by molar-refractivity contribution is 6.33. The first-order valence-corrected chi connectivity index (χ1v) is 12.6. The number of hydrogen-bond donors (Lipinski definition) is 2. The second kappa shape index (κ2) is 12.7. The number of benzene rings is 3. The van der Waals surface area contributed by atoms with Crippen molar-refractivity contribution in [3.8, 4) is 16.9 Å². The predicted octanol–water partition coefficient (Wildman–Crippen LogP) is 6.57. The molecule has 3 aromatic carbocycles. The summed E-state index contributed by atoms with van der Waals surface area (Å²) >= 11 is 6.29. The van der Waals surface area contributed by atoms with Crippen molar-refractivity contribution < 1.29 is 24.2 Å². The van der Waals surface area contributed by atoms with Gasteiger partial charge in [0.25, 0.3) is 0 Å². The van der Waals surface area contributed by atoms with Gasteiger partial charge in [0.2, 0.25) is 5.91 Å². The fourth-order valence-corrected chi connectivity index (χ4v) is 3.64. The summed E-state index contributed by atoms with van der Waals surface area (Å²) < 4.78 is 11.0.